The minimum atomic E-state index is -3.68. The molecule has 9 heteroatoms. The number of piperidine rings is 1. The number of benzene rings is 2. The largest absolute Gasteiger partial charge is 0.489 e. The van der Waals surface area contributed by atoms with Crippen LogP contribution in [0.25, 0.3) is 0 Å². The van der Waals surface area contributed by atoms with Gasteiger partial charge in [0.1, 0.15) is 18.2 Å². The summed E-state index contributed by atoms with van der Waals surface area (Å²) in [6.45, 7) is 2.52. The van der Waals surface area contributed by atoms with Gasteiger partial charge in [-0.3, -0.25) is 9.88 Å². The van der Waals surface area contributed by atoms with Crippen molar-refractivity contribution in [2.24, 2.45) is 0 Å². The van der Waals surface area contributed by atoms with Gasteiger partial charge >= 0.3 is 0 Å². The highest BCUT2D eigenvalue weighted by Crippen LogP contribution is 2.27. The van der Waals surface area contributed by atoms with Crippen molar-refractivity contribution < 1.29 is 17.5 Å². The lowest BCUT2D eigenvalue weighted by molar-refractivity contribution is 0.196. The van der Waals surface area contributed by atoms with E-state index >= 15 is 0 Å². The van der Waals surface area contributed by atoms with Crippen LogP contribution in [0.1, 0.15) is 24.0 Å². The van der Waals surface area contributed by atoms with Gasteiger partial charge in [0, 0.05) is 54.2 Å². The van der Waals surface area contributed by atoms with Gasteiger partial charge in [-0.2, -0.15) is 0 Å². The van der Waals surface area contributed by atoms with E-state index in [1.54, 1.807) is 18.5 Å². The van der Waals surface area contributed by atoms with E-state index in [1.807, 2.05) is 24.3 Å². The molecule has 0 bridgehead atoms. The Kier molecular flexibility index (Phi) is 7.60. The smallest absolute Gasteiger partial charge is 0.240 e. The fourth-order valence-electron chi connectivity index (χ4n) is 3.81. The summed E-state index contributed by atoms with van der Waals surface area (Å²) in [4.78, 5) is 6.43. The second-order valence-corrected chi connectivity index (χ2v) is 10.2. The van der Waals surface area contributed by atoms with E-state index < -0.39 is 15.8 Å². The quantitative estimate of drug-likeness (QED) is 0.508. The van der Waals surface area contributed by atoms with Crippen LogP contribution in [0.3, 0.4) is 0 Å². The third kappa shape index (κ3) is 6.51. The van der Waals surface area contributed by atoms with Gasteiger partial charge in [-0.15, -0.1) is 0 Å². The van der Waals surface area contributed by atoms with Crippen molar-refractivity contribution in [1.82, 2.24) is 14.6 Å². The summed E-state index contributed by atoms with van der Waals surface area (Å²) in [7, 11) is -3.68. The van der Waals surface area contributed by atoms with Crippen molar-refractivity contribution in [3.05, 3.63) is 89.0 Å². The predicted molar refractivity (Wildman–Crippen MR) is 125 cm³/mol. The Hall–Kier alpha value is -2.52. The molecule has 1 aliphatic rings. The maximum absolute atomic E-state index is 13.1. The molecule has 0 radical (unpaired) electrons. The number of ether oxygens (including phenoxy) is 1. The Morgan fingerprint density at radius 3 is 2.58 bits per heavy atom. The second kappa shape index (κ2) is 10.6. The highest BCUT2D eigenvalue weighted by molar-refractivity contribution is 7.89. The lowest BCUT2D eigenvalue weighted by atomic mass is 10.0. The third-order valence-corrected chi connectivity index (χ3v) is 7.34. The Labute approximate surface area is 198 Å². The van der Waals surface area contributed by atoms with Gasteiger partial charge in [0.25, 0.3) is 0 Å². The molecule has 1 aliphatic heterocycles. The fourth-order valence-corrected chi connectivity index (χ4v) is 5.31. The molecule has 0 aliphatic carbocycles. The predicted octanol–water partition coefficient (Wildman–Crippen LogP) is 4.40. The molecule has 0 amide bonds. The van der Waals surface area contributed by atoms with Crippen LogP contribution in [-0.2, 0) is 23.2 Å². The zero-order valence-electron chi connectivity index (χ0n) is 18.0. The number of aromatic nitrogens is 1. The first-order valence-electron chi connectivity index (χ1n) is 10.7. The lowest BCUT2D eigenvalue weighted by Gasteiger charge is -2.32. The first-order chi connectivity index (χ1) is 15.9. The van der Waals surface area contributed by atoms with Gasteiger partial charge in [-0.1, -0.05) is 17.7 Å². The second-order valence-electron chi connectivity index (χ2n) is 8.03. The summed E-state index contributed by atoms with van der Waals surface area (Å²) in [6, 6.07) is 14.1. The number of nitrogens with one attached hydrogen (secondary N) is 1. The van der Waals surface area contributed by atoms with Crippen molar-refractivity contribution in [1.29, 1.82) is 0 Å². The molecular weight excluding hydrogens is 465 g/mol. The highest BCUT2D eigenvalue weighted by atomic mass is 35.5. The number of sulfonamides is 1. The van der Waals surface area contributed by atoms with E-state index in [1.165, 1.54) is 12.1 Å². The molecule has 33 heavy (non-hydrogen) atoms. The van der Waals surface area contributed by atoms with Crippen molar-refractivity contribution in [2.45, 2.75) is 36.9 Å². The maximum atomic E-state index is 13.1. The lowest BCUT2D eigenvalue weighted by Crippen LogP contribution is -2.44. The fraction of sp³-hybridized carbons (Fsp3) is 0.292. The van der Waals surface area contributed by atoms with E-state index in [2.05, 4.69) is 14.6 Å². The van der Waals surface area contributed by atoms with Gasteiger partial charge in [0.05, 0.1) is 4.90 Å². The molecule has 0 spiro atoms. The Morgan fingerprint density at radius 2 is 1.88 bits per heavy atom. The molecule has 2 aromatic carbocycles. The van der Waals surface area contributed by atoms with Gasteiger partial charge in [0.2, 0.25) is 10.0 Å². The van der Waals surface area contributed by atoms with Gasteiger partial charge < -0.3 is 4.74 Å². The Morgan fingerprint density at radius 1 is 1.12 bits per heavy atom. The van der Waals surface area contributed by atoms with Crippen LogP contribution in [0.2, 0.25) is 5.02 Å². The molecule has 2 heterocycles. The number of hydrogen-bond acceptors (Lipinski definition) is 5. The van der Waals surface area contributed by atoms with Gasteiger partial charge in [-0.05, 0) is 61.4 Å². The van der Waals surface area contributed by atoms with E-state index in [9.17, 15) is 12.8 Å². The Balaban J connectivity index is 1.34. The Bertz CT molecular complexity index is 1170. The topological polar surface area (TPSA) is 71.5 Å². The standard InChI is InChI=1S/C24H25ClFN3O3S/c25-20-3-8-24(32-17-18-2-1-11-27-15-18)19(14-20)16-29-12-9-22(10-13-29)28-33(30,31)23-6-4-21(26)5-7-23/h1-8,11,14-15,22,28H,9-10,12-13,16-17H2. The SMILES string of the molecule is O=S(=O)(NC1CCN(Cc2cc(Cl)ccc2OCc2cccnc2)CC1)c1ccc(F)cc1. The first kappa shape index (κ1) is 23.6. The normalized spacial score (nSPS) is 15.5. The van der Waals surface area contributed by atoms with Crippen LogP contribution in [0.15, 0.2) is 71.9 Å². The number of nitrogens with zero attached hydrogens (tertiary/aromatic N) is 2. The van der Waals surface area contributed by atoms with E-state index in [0.29, 0.717) is 31.0 Å². The summed E-state index contributed by atoms with van der Waals surface area (Å²) in [5.41, 5.74) is 1.96. The molecule has 1 aromatic heterocycles. The van der Waals surface area contributed by atoms with Crippen molar-refractivity contribution in [2.75, 3.05) is 13.1 Å². The minimum Gasteiger partial charge on any atom is -0.489 e. The molecule has 1 saturated heterocycles. The summed E-state index contributed by atoms with van der Waals surface area (Å²) >= 11 is 6.23. The zero-order valence-corrected chi connectivity index (χ0v) is 19.5. The van der Waals surface area contributed by atoms with E-state index in [4.69, 9.17) is 16.3 Å². The van der Waals surface area contributed by atoms with Crippen LogP contribution in [-0.4, -0.2) is 37.4 Å². The minimum absolute atomic E-state index is 0.0701. The van der Waals surface area contributed by atoms with Crippen LogP contribution < -0.4 is 9.46 Å². The molecule has 0 saturated carbocycles. The average Bonchev–Trinajstić information content (AvgIpc) is 2.81. The number of likely N-dealkylation sites (tertiary alicyclic amines) is 1. The van der Waals surface area contributed by atoms with Gasteiger partial charge in [0.15, 0.2) is 0 Å². The monoisotopic (exact) mass is 489 g/mol. The molecule has 0 unspecified atom stereocenters. The maximum Gasteiger partial charge on any atom is 0.240 e. The van der Waals surface area contributed by atoms with E-state index in [0.717, 1.165) is 42.1 Å². The molecule has 174 valence electrons. The molecule has 1 fully saturated rings. The highest BCUT2D eigenvalue weighted by Gasteiger charge is 2.25. The molecule has 4 rings (SSSR count). The van der Waals surface area contributed by atoms with Gasteiger partial charge in [-0.25, -0.2) is 17.5 Å². The summed E-state index contributed by atoms with van der Waals surface area (Å²) < 4.78 is 47.0. The molecule has 0 atom stereocenters. The average molecular weight is 490 g/mol. The number of rotatable bonds is 8. The molecular formula is C24H25ClFN3O3S. The van der Waals surface area contributed by atoms with Crippen LogP contribution >= 0.6 is 11.6 Å². The molecule has 1 N–H and O–H groups in total. The van der Waals surface area contributed by atoms with E-state index in [-0.39, 0.29) is 10.9 Å². The first-order valence-corrected chi connectivity index (χ1v) is 12.6. The zero-order chi connectivity index (χ0) is 23.3. The van der Waals surface area contributed by atoms with Crippen LogP contribution in [0.5, 0.6) is 5.75 Å². The molecule has 3 aromatic rings. The van der Waals surface area contributed by atoms with Crippen molar-refractivity contribution in [3.8, 4) is 5.75 Å². The van der Waals surface area contributed by atoms with Crippen LogP contribution in [0.4, 0.5) is 4.39 Å². The number of halogens is 2. The number of pyridine rings is 1. The summed E-state index contributed by atoms with van der Waals surface area (Å²) in [5.74, 6) is 0.300. The molecule has 6 nitrogen and oxygen atoms in total. The third-order valence-electron chi connectivity index (χ3n) is 5.57. The summed E-state index contributed by atoms with van der Waals surface area (Å²) in [6.07, 6.45) is 4.84. The number of hydrogen-bond donors (Lipinski definition) is 1. The van der Waals surface area contributed by atoms with Crippen LogP contribution in [0, 0.1) is 5.82 Å². The van der Waals surface area contributed by atoms with Crippen molar-refractivity contribution >= 4 is 21.6 Å². The van der Waals surface area contributed by atoms with Crippen molar-refractivity contribution in [3.63, 3.8) is 0 Å². The summed E-state index contributed by atoms with van der Waals surface area (Å²) in [5, 5.41) is 0.640.